The Morgan fingerprint density at radius 1 is 1.54 bits per heavy atom. The van der Waals surface area contributed by atoms with Crippen LogP contribution in [0.5, 0.6) is 0 Å². The number of rotatable bonds is 3. The van der Waals surface area contributed by atoms with Crippen molar-refractivity contribution in [2.45, 2.75) is 32.9 Å². The molecular formula is C9H18N2O2. The molecule has 3 N–H and O–H groups in total. The quantitative estimate of drug-likeness (QED) is 0.556. The molecule has 0 aromatic heterocycles. The maximum Gasteiger partial charge on any atom is 0.228 e. The van der Waals surface area contributed by atoms with Crippen LogP contribution in [0.4, 0.5) is 0 Å². The van der Waals surface area contributed by atoms with E-state index in [9.17, 15) is 9.90 Å². The Bertz CT molecular complexity index is 200. The molecule has 0 spiro atoms. The second-order valence-electron chi connectivity index (χ2n) is 4.17. The summed E-state index contributed by atoms with van der Waals surface area (Å²) in [5.74, 6) is 0.0275. The number of hydrogen-bond donors (Lipinski definition) is 3. The normalized spacial score (nSPS) is 24.3. The first-order chi connectivity index (χ1) is 5.96. The fraction of sp³-hybridized carbons (Fsp3) is 0.889. The standard InChI is InChI=1S/C9H18N2O2/c1-6(7(2)12)11-8(13)9(3)4-10-5-9/h6-7,10,12H,4-5H2,1-3H3,(H,11,13). The molecule has 1 aliphatic rings. The van der Waals surface area contributed by atoms with Gasteiger partial charge in [-0.25, -0.2) is 0 Å². The predicted octanol–water partition coefficient (Wildman–Crippen LogP) is -0.519. The SMILES string of the molecule is CC(O)C(C)NC(=O)C1(C)CNC1. The minimum absolute atomic E-state index is 0.0275. The van der Waals surface area contributed by atoms with E-state index in [0.29, 0.717) is 0 Å². The summed E-state index contributed by atoms with van der Waals surface area (Å²) >= 11 is 0. The van der Waals surface area contributed by atoms with E-state index in [0.717, 1.165) is 13.1 Å². The first-order valence-electron chi connectivity index (χ1n) is 4.65. The number of hydrogen-bond acceptors (Lipinski definition) is 3. The molecule has 0 saturated carbocycles. The summed E-state index contributed by atoms with van der Waals surface area (Å²) in [5, 5.41) is 15.1. The summed E-state index contributed by atoms with van der Waals surface area (Å²) < 4.78 is 0. The van der Waals surface area contributed by atoms with Gasteiger partial charge in [0, 0.05) is 13.1 Å². The van der Waals surface area contributed by atoms with Crippen LogP contribution < -0.4 is 10.6 Å². The molecular weight excluding hydrogens is 168 g/mol. The van der Waals surface area contributed by atoms with Gasteiger partial charge in [0.1, 0.15) is 0 Å². The van der Waals surface area contributed by atoms with Crippen molar-refractivity contribution in [2.24, 2.45) is 5.41 Å². The van der Waals surface area contributed by atoms with Crippen molar-refractivity contribution < 1.29 is 9.90 Å². The van der Waals surface area contributed by atoms with Crippen LogP contribution in [0.25, 0.3) is 0 Å². The molecule has 4 heteroatoms. The van der Waals surface area contributed by atoms with Crippen LogP contribution in [-0.4, -0.2) is 36.2 Å². The molecule has 1 rings (SSSR count). The highest BCUT2D eigenvalue weighted by atomic mass is 16.3. The monoisotopic (exact) mass is 186 g/mol. The average molecular weight is 186 g/mol. The van der Waals surface area contributed by atoms with Crippen molar-refractivity contribution in [3.05, 3.63) is 0 Å². The average Bonchev–Trinajstić information content (AvgIpc) is 1.99. The molecule has 0 aromatic rings. The second-order valence-corrected chi connectivity index (χ2v) is 4.17. The van der Waals surface area contributed by atoms with E-state index in [-0.39, 0.29) is 17.4 Å². The fourth-order valence-electron chi connectivity index (χ4n) is 1.16. The Labute approximate surface area is 78.7 Å². The van der Waals surface area contributed by atoms with Gasteiger partial charge in [-0.05, 0) is 20.8 Å². The maximum atomic E-state index is 11.6. The van der Waals surface area contributed by atoms with Crippen molar-refractivity contribution in [2.75, 3.05) is 13.1 Å². The molecule has 76 valence electrons. The Kier molecular flexibility index (Phi) is 2.93. The van der Waals surface area contributed by atoms with Crippen LogP contribution in [0.1, 0.15) is 20.8 Å². The molecule has 13 heavy (non-hydrogen) atoms. The van der Waals surface area contributed by atoms with Gasteiger partial charge in [-0.15, -0.1) is 0 Å². The lowest BCUT2D eigenvalue weighted by molar-refractivity contribution is -0.134. The molecule has 1 heterocycles. The third-order valence-corrected chi connectivity index (χ3v) is 2.66. The molecule has 0 bridgehead atoms. The Morgan fingerprint density at radius 3 is 2.38 bits per heavy atom. The molecule has 1 saturated heterocycles. The second kappa shape index (κ2) is 3.64. The van der Waals surface area contributed by atoms with Gasteiger partial charge in [0.2, 0.25) is 5.91 Å². The first-order valence-corrected chi connectivity index (χ1v) is 4.65. The van der Waals surface area contributed by atoms with Gasteiger partial charge >= 0.3 is 0 Å². The van der Waals surface area contributed by atoms with Crippen LogP contribution >= 0.6 is 0 Å². The minimum atomic E-state index is -0.499. The Balaban J connectivity index is 2.41. The lowest BCUT2D eigenvalue weighted by atomic mass is 9.83. The summed E-state index contributed by atoms with van der Waals surface area (Å²) in [4.78, 5) is 11.6. The van der Waals surface area contributed by atoms with E-state index in [1.165, 1.54) is 0 Å². The van der Waals surface area contributed by atoms with Crippen LogP contribution in [0.3, 0.4) is 0 Å². The van der Waals surface area contributed by atoms with Gasteiger partial charge in [-0.2, -0.15) is 0 Å². The lowest BCUT2D eigenvalue weighted by Crippen LogP contribution is -2.61. The van der Waals surface area contributed by atoms with E-state index in [2.05, 4.69) is 10.6 Å². The van der Waals surface area contributed by atoms with Gasteiger partial charge < -0.3 is 15.7 Å². The first kappa shape index (κ1) is 10.5. The molecule has 4 nitrogen and oxygen atoms in total. The number of nitrogens with one attached hydrogen (secondary N) is 2. The van der Waals surface area contributed by atoms with Crippen LogP contribution in [0.15, 0.2) is 0 Å². The van der Waals surface area contributed by atoms with E-state index in [1.807, 2.05) is 6.92 Å². The molecule has 1 amide bonds. The van der Waals surface area contributed by atoms with Gasteiger partial charge in [0.05, 0.1) is 17.6 Å². The largest absolute Gasteiger partial charge is 0.391 e. The van der Waals surface area contributed by atoms with Crippen molar-refractivity contribution in [1.29, 1.82) is 0 Å². The van der Waals surface area contributed by atoms with E-state index < -0.39 is 6.10 Å². The van der Waals surface area contributed by atoms with Crippen LogP contribution in [0, 0.1) is 5.41 Å². The molecule has 0 aliphatic carbocycles. The van der Waals surface area contributed by atoms with Crippen molar-refractivity contribution >= 4 is 5.91 Å². The fourth-order valence-corrected chi connectivity index (χ4v) is 1.16. The summed E-state index contributed by atoms with van der Waals surface area (Å²) in [7, 11) is 0. The van der Waals surface area contributed by atoms with E-state index in [1.54, 1.807) is 13.8 Å². The van der Waals surface area contributed by atoms with Crippen molar-refractivity contribution in [1.82, 2.24) is 10.6 Å². The number of carbonyl (C=O) groups is 1. The summed E-state index contributed by atoms with van der Waals surface area (Å²) in [5.41, 5.74) is -0.275. The van der Waals surface area contributed by atoms with E-state index in [4.69, 9.17) is 0 Å². The van der Waals surface area contributed by atoms with E-state index >= 15 is 0 Å². The number of aliphatic hydroxyl groups is 1. The third-order valence-electron chi connectivity index (χ3n) is 2.66. The van der Waals surface area contributed by atoms with Crippen molar-refractivity contribution in [3.8, 4) is 0 Å². The molecule has 2 atom stereocenters. The Morgan fingerprint density at radius 2 is 2.08 bits per heavy atom. The highest BCUT2D eigenvalue weighted by molar-refractivity contribution is 5.84. The zero-order chi connectivity index (χ0) is 10.1. The van der Waals surface area contributed by atoms with Gasteiger partial charge in [0.15, 0.2) is 0 Å². The summed E-state index contributed by atoms with van der Waals surface area (Å²) in [6.45, 7) is 6.86. The Hall–Kier alpha value is -0.610. The molecule has 1 aliphatic heterocycles. The van der Waals surface area contributed by atoms with Gasteiger partial charge in [-0.1, -0.05) is 0 Å². The zero-order valence-electron chi connectivity index (χ0n) is 8.42. The van der Waals surface area contributed by atoms with Crippen LogP contribution in [-0.2, 0) is 4.79 Å². The van der Waals surface area contributed by atoms with Crippen molar-refractivity contribution in [3.63, 3.8) is 0 Å². The van der Waals surface area contributed by atoms with Gasteiger partial charge in [-0.3, -0.25) is 4.79 Å². The minimum Gasteiger partial charge on any atom is -0.391 e. The highest BCUT2D eigenvalue weighted by Crippen LogP contribution is 2.21. The molecule has 2 unspecified atom stereocenters. The number of amides is 1. The van der Waals surface area contributed by atoms with Crippen LogP contribution in [0.2, 0.25) is 0 Å². The lowest BCUT2D eigenvalue weighted by Gasteiger charge is -2.38. The molecule has 1 fully saturated rings. The van der Waals surface area contributed by atoms with Gasteiger partial charge in [0.25, 0.3) is 0 Å². The molecule has 0 radical (unpaired) electrons. The smallest absolute Gasteiger partial charge is 0.228 e. The third kappa shape index (κ3) is 2.19. The number of aliphatic hydroxyl groups excluding tert-OH is 1. The highest BCUT2D eigenvalue weighted by Gasteiger charge is 2.39. The zero-order valence-corrected chi connectivity index (χ0v) is 8.42. The number of carbonyl (C=O) groups excluding carboxylic acids is 1. The molecule has 0 aromatic carbocycles. The summed E-state index contributed by atoms with van der Waals surface area (Å²) in [6, 6.07) is -0.176. The summed E-state index contributed by atoms with van der Waals surface area (Å²) in [6.07, 6.45) is -0.499. The maximum absolute atomic E-state index is 11.6. The topological polar surface area (TPSA) is 61.4 Å². The predicted molar refractivity (Wildman–Crippen MR) is 50.3 cm³/mol.